The highest BCUT2D eigenvalue weighted by atomic mass is 16.3. The second-order valence-electron chi connectivity index (χ2n) is 6.49. The average Bonchev–Trinajstić information content (AvgIpc) is 3.24. The van der Waals surface area contributed by atoms with Crippen LogP contribution in [0.3, 0.4) is 0 Å². The van der Waals surface area contributed by atoms with Gasteiger partial charge in [-0.1, -0.05) is 30.3 Å². The molecule has 132 valence electrons. The molecule has 1 aliphatic heterocycles. The maximum absolute atomic E-state index is 12.7. The Kier molecular flexibility index (Phi) is 5.19. The summed E-state index contributed by atoms with van der Waals surface area (Å²) in [6.07, 6.45) is 2.30. The summed E-state index contributed by atoms with van der Waals surface area (Å²) < 4.78 is 5.25. The summed E-state index contributed by atoms with van der Waals surface area (Å²) in [6, 6.07) is 12.2. The van der Waals surface area contributed by atoms with Gasteiger partial charge in [-0.3, -0.25) is 14.5 Å². The van der Waals surface area contributed by atoms with Crippen LogP contribution in [0, 0.1) is 0 Å². The van der Waals surface area contributed by atoms with Crippen molar-refractivity contribution in [3.8, 4) is 0 Å². The normalized spacial score (nSPS) is 17.2. The number of nitrogens with two attached hydrogens (primary N) is 1. The van der Waals surface area contributed by atoms with Crippen molar-refractivity contribution in [2.75, 3.05) is 20.1 Å². The van der Waals surface area contributed by atoms with Crippen molar-refractivity contribution in [2.45, 2.75) is 25.4 Å². The van der Waals surface area contributed by atoms with Crippen LogP contribution in [-0.4, -0.2) is 47.8 Å². The fourth-order valence-electron chi connectivity index (χ4n) is 3.28. The number of benzene rings is 1. The molecule has 1 unspecified atom stereocenters. The summed E-state index contributed by atoms with van der Waals surface area (Å²) in [7, 11) is 2.09. The van der Waals surface area contributed by atoms with Gasteiger partial charge >= 0.3 is 0 Å². The quantitative estimate of drug-likeness (QED) is 0.866. The van der Waals surface area contributed by atoms with Gasteiger partial charge in [0.1, 0.15) is 5.76 Å². The molecule has 25 heavy (non-hydrogen) atoms. The largest absolute Gasteiger partial charge is 0.468 e. The SMILES string of the molecule is CN(Cc1ccccc1)C1CCN(C(=O)c2ccoc2CC(N)=O)C1. The topological polar surface area (TPSA) is 79.8 Å². The molecule has 0 aliphatic carbocycles. The van der Waals surface area contributed by atoms with Gasteiger partial charge in [0.05, 0.1) is 18.2 Å². The lowest BCUT2D eigenvalue weighted by molar-refractivity contribution is -0.117. The maximum Gasteiger partial charge on any atom is 0.257 e. The molecular formula is C19H23N3O3. The summed E-state index contributed by atoms with van der Waals surface area (Å²) in [5.41, 5.74) is 6.90. The Bertz CT molecular complexity index is 741. The van der Waals surface area contributed by atoms with E-state index in [4.69, 9.17) is 10.2 Å². The van der Waals surface area contributed by atoms with Gasteiger partial charge < -0.3 is 15.1 Å². The van der Waals surface area contributed by atoms with E-state index in [1.165, 1.54) is 11.8 Å². The highest BCUT2D eigenvalue weighted by Gasteiger charge is 2.31. The molecular weight excluding hydrogens is 318 g/mol. The molecule has 6 nitrogen and oxygen atoms in total. The molecule has 0 spiro atoms. The third kappa shape index (κ3) is 4.09. The Hall–Kier alpha value is -2.60. The van der Waals surface area contributed by atoms with Gasteiger partial charge in [-0.2, -0.15) is 0 Å². The molecule has 2 heterocycles. The molecule has 1 fully saturated rings. The van der Waals surface area contributed by atoms with Gasteiger partial charge in [-0.05, 0) is 25.1 Å². The van der Waals surface area contributed by atoms with Crippen LogP contribution >= 0.6 is 0 Å². The molecule has 1 aromatic heterocycles. The van der Waals surface area contributed by atoms with Crippen LogP contribution in [0.1, 0.15) is 28.1 Å². The maximum atomic E-state index is 12.7. The zero-order valence-corrected chi connectivity index (χ0v) is 14.4. The molecule has 1 atom stereocenters. The van der Waals surface area contributed by atoms with Crippen LogP contribution in [0.2, 0.25) is 0 Å². The highest BCUT2D eigenvalue weighted by molar-refractivity contribution is 5.96. The molecule has 2 N–H and O–H groups in total. The second kappa shape index (κ2) is 7.53. The molecule has 6 heteroatoms. The average molecular weight is 341 g/mol. The first-order valence-electron chi connectivity index (χ1n) is 8.42. The summed E-state index contributed by atoms with van der Waals surface area (Å²) >= 11 is 0. The summed E-state index contributed by atoms with van der Waals surface area (Å²) in [5, 5.41) is 0. The van der Waals surface area contributed by atoms with E-state index in [1.807, 2.05) is 23.1 Å². The Labute approximate surface area is 147 Å². The number of hydrogen-bond acceptors (Lipinski definition) is 4. The van der Waals surface area contributed by atoms with Crippen molar-refractivity contribution in [2.24, 2.45) is 5.73 Å². The van der Waals surface area contributed by atoms with Crippen LogP contribution in [-0.2, 0) is 17.8 Å². The number of amides is 2. The van der Waals surface area contributed by atoms with Gasteiger partial charge in [0.2, 0.25) is 5.91 Å². The third-order valence-electron chi connectivity index (χ3n) is 4.66. The fraction of sp³-hybridized carbons (Fsp3) is 0.368. The summed E-state index contributed by atoms with van der Waals surface area (Å²) in [5.74, 6) is -0.259. The Morgan fingerprint density at radius 2 is 2.04 bits per heavy atom. The van der Waals surface area contributed by atoms with Gasteiger partial charge in [-0.15, -0.1) is 0 Å². The first-order valence-corrected chi connectivity index (χ1v) is 8.42. The van der Waals surface area contributed by atoms with E-state index in [0.717, 1.165) is 13.0 Å². The van der Waals surface area contributed by atoms with Crippen molar-refractivity contribution in [1.82, 2.24) is 9.80 Å². The molecule has 1 saturated heterocycles. The monoisotopic (exact) mass is 341 g/mol. The molecule has 1 aliphatic rings. The summed E-state index contributed by atoms with van der Waals surface area (Å²) in [6.45, 7) is 2.22. The van der Waals surface area contributed by atoms with Crippen LogP contribution in [0.15, 0.2) is 47.1 Å². The number of carbonyl (C=O) groups is 2. The predicted molar refractivity (Wildman–Crippen MR) is 93.8 cm³/mol. The van der Waals surface area contributed by atoms with Crippen molar-refractivity contribution in [3.63, 3.8) is 0 Å². The minimum Gasteiger partial charge on any atom is -0.468 e. The Balaban J connectivity index is 1.61. The first-order chi connectivity index (χ1) is 12.0. The number of primary amides is 1. The van der Waals surface area contributed by atoms with Crippen molar-refractivity contribution in [1.29, 1.82) is 0 Å². The molecule has 0 saturated carbocycles. The minimum atomic E-state index is -0.508. The van der Waals surface area contributed by atoms with Gasteiger partial charge in [-0.25, -0.2) is 0 Å². The lowest BCUT2D eigenvalue weighted by Gasteiger charge is -2.24. The van der Waals surface area contributed by atoms with E-state index < -0.39 is 5.91 Å². The van der Waals surface area contributed by atoms with Gasteiger partial charge in [0, 0.05) is 25.7 Å². The Morgan fingerprint density at radius 3 is 2.76 bits per heavy atom. The van der Waals surface area contributed by atoms with E-state index in [1.54, 1.807) is 6.07 Å². The number of carbonyl (C=O) groups excluding carboxylic acids is 2. The lowest BCUT2D eigenvalue weighted by atomic mass is 10.1. The standard InChI is InChI=1S/C19H23N3O3/c1-21(12-14-5-3-2-4-6-14)15-7-9-22(13-15)19(24)16-8-10-25-17(16)11-18(20)23/h2-6,8,10,15H,7,9,11-13H2,1H3,(H2,20,23). The van der Waals surface area contributed by atoms with Crippen molar-refractivity contribution < 1.29 is 14.0 Å². The van der Waals surface area contributed by atoms with Crippen molar-refractivity contribution in [3.05, 3.63) is 59.5 Å². The fourth-order valence-corrected chi connectivity index (χ4v) is 3.28. The van der Waals surface area contributed by atoms with Gasteiger partial charge in [0.15, 0.2) is 0 Å². The number of nitrogens with zero attached hydrogens (tertiary/aromatic N) is 2. The second-order valence-corrected chi connectivity index (χ2v) is 6.49. The van der Waals surface area contributed by atoms with E-state index in [9.17, 15) is 9.59 Å². The Morgan fingerprint density at radius 1 is 1.28 bits per heavy atom. The number of furan rings is 1. The molecule has 1 aromatic carbocycles. The lowest BCUT2D eigenvalue weighted by Crippen LogP contribution is -2.36. The molecule has 3 rings (SSSR count). The van der Waals surface area contributed by atoms with Crippen LogP contribution in [0.5, 0.6) is 0 Å². The molecule has 2 aromatic rings. The van der Waals surface area contributed by atoms with Crippen LogP contribution in [0.4, 0.5) is 0 Å². The van der Waals surface area contributed by atoms with E-state index in [0.29, 0.717) is 30.5 Å². The highest BCUT2D eigenvalue weighted by Crippen LogP contribution is 2.21. The van der Waals surface area contributed by atoms with E-state index >= 15 is 0 Å². The van der Waals surface area contributed by atoms with Gasteiger partial charge in [0.25, 0.3) is 5.91 Å². The van der Waals surface area contributed by atoms with E-state index in [2.05, 4.69) is 24.1 Å². The zero-order valence-electron chi connectivity index (χ0n) is 14.4. The summed E-state index contributed by atoms with van der Waals surface area (Å²) in [4.78, 5) is 27.9. The number of likely N-dealkylation sites (N-methyl/N-ethyl adjacent to an activating group) is 1. The number of rotatable bonds is 6. The number of hydrogen-bond donors (Lipinski definition) is 1. The predicted octanol–water partition coefficient (Wildman–Crippen LogP) is 1.65. The van der Waals surface area contributed by atoms with E-state index in [-0.39, 0.29) is 12.3 Å². The smallest absolute Gasteiger partial charge is 0.257 e. The number of likely N-dealkylation sites (tertiary alicyclic amines) is 1. The molecule has 0 radical (unpaired) electrons. The zero-order chi connectivity index (χ0) is 17.8. The van der Waals surface area contributed by atoms with Crippen LogP contribution < -0.4 is 5.73 Å². The minimum absolute atomic E-state index is 0.0563. The third-order valence-corrected chi connectivity index (χ3v) is 4.66. The first kappa shape index (κ1) is 17.2. The van der Waals surface area contributed by atoms with Crippen LogP contribution in [0.25, 0.3) is 0 Å². The molecule has 0 bridgehead atoms. The molecule has 2 amide bonds. The van der Waals surface area contributed by atoms with Crippen molar-refractivity contribution >= 4 is 11.8 Å².